The standard InChI is InChI=1S/C11H21NO6/c13-5-7(14)8(15)9(16)10(17)11(18)12-6-3-1-2-4-6/h6-10,13-17H,1-5H2,(H,12,18)/t7-,8-,9+,10-/m1/s1. The molecule has 1 saturated carbocycles. The third kappa shape index (κ3) is 3.89. The Balaban J connectivity index is 2.45. The van der Waals surface area contributed by atoms with Crippen molar-refractivity contribution in [2.24, 2.45) is 0 Å². The highest BCUT2D eigenvalue weighted by molar-refractivity contribution is 5.81. The number of nitrogens with one attached hydrogen (secondary N) is 1. The minimum absolute atomic E-state index is 0.0146. The van der Waals surface area contributed by atoms with Crippen molar-refractivity contribution in [3.05, 3.63) is 0 Å². The number of rotatable bonds is 6. The third-order valence-corrected chi connectivity index (χ3v) is 3.22. The molecule has 106 valence electrons. The molecule has 1 fully saturated rings. The Morgan fingerprint density at radius 1 is 1.11 bits per heavy atom. The number of hydrogen-bond acceptors (Lipinski definition) is 6. The lowest BCUT2D eigenvalue weighted by molar-refractivity contribution is -0.149. The molecular formula is C11H21NO6. The molecule has 0 heterocycles. The first-order valence-corrected chi connectivity index (χ1v) is 6.11. The van der Waals surface area contributed by atoms with Crippen LogP contribution < -0.4 is 5.32 Å². The van der Waals surface area contributed by atoms with Crippen LogP contribution in [0.1, 0.15) is 25.7 Å². The van der Waals surface area contributed by atoms with Gasteiger partial charge in [0.25, 0.3) is 5.91 Å². The summed E-state index contributed by atoms with van der Waals surface area (Å²) < 4.78 is 0. The maximum atomic E-state index is 11.6. The summed E-state index contributed by atoms with van der Waals surface area (Å²) >= 11 is 0. The molecule has 7 nitrogen and oxygen atoms in total. The zero-order chi connectivity index (χ0) is 13.7. The SMILES string of the molecule is O=C(NC1CCCC1)[C@H](O)[C@@H](O)[C@H](O)[C@H](O)CO. The lowest BCUT2D eigenvalue weighted by atomic mass is 10.0. The average molecular weight is 263 g/mol. The summed E-state index contributed by atoms with van der Waals surface area (Å²) in [5.41, 5.74) is 0. The fourth-order valence-electron chi connectivity index (χ4n) is 2.03. The zero-order valence-corrected chi connectivity index (χ0v) is 10.1. The summed E-state index contributed by atoms with van der Waals surface area (Å²) in [6, 6.07) is -0.0146. The first-order valence-electron chi connectivity index (χ1n) is 6.11. The van der Waals surface area contributed by atoms with Gasteiger partial charge in [0.15, 0.2) is 6.10 Å². The van der Waals surface area contributed by atoms with Crippen molar-refractivity contribution in [1.29, 1.82) is 0 Å². The van der Waals surface area contributed by atoms with Gasteiger partial charge in [0.05, 0.1) is 6.61 Å². The largest absolute Gasteiger partial charge is 0.394 e. The molecule has 1 aliphatic rings. The Kier molecular flexibility index (Phi) is 5.97. The van der Waals surface area contributed by atoms with E-state index >= 15 is 0 Å². The summed E-state index contributed by atoms with van der Waals surface area (Å²) in [6.45, 7) is -0.769. The van der Waals surface area contributed by atoms with Crippen molar-refractivity contribution < 1.29 is 30.3 Å². The number of carbonyl (C=O) groups is 1. The molecule has 0 aromatic heterocycles. The van der Waals surface area contributed by atoms with Crippen molar-refractivity contribution in [1.82, 2.24) is 5.32 Å². The van der Waals surface area contributed by atoms with Crippen LogP contribution in [0.5, 0.6) is 0 Å². The molecular weight excluding hydrogens is 242 g/mol. The van der Waals surface area contributed by atoms with E-state index in [1.807, 2.05) is 0 Å². The summed E-state index contributed by atoms with van der Waals surface area (Å²) in [5, 5.41) is 48.7. The number of aliphatic hydroxyl groups is 5. The Hall–Kier alpha value is -0.730. The van der Waals surface area contributed by atoms with E-state index in [4.69, 9.17) is 10.2 Å². The molecule has 0 bridgehead atoms. The summed E-state index contributed by atoms with van der Waals surface area (Å²) in [6.07, 6.45) is -3.37. The van der Waals surface area contributed by atoms with E-state index in [1.54, 1.807) is 0 Å². The van der Waals surface area contributed by atoms with Crippen LogP contribution in [0.2, 0.25) is 0 Å². The van der Waals surface area contributed by atoms with Gasteiger partial charge in [-0.3, -0.25) is 4.79 Å². The third-order valence-electron chi connectivity index (χ3n) is 3.22. The molecule has 0 radical (unpaired) electrons. The van der Waals surface area contributed by atoms with Crippen LogP contribution in [0.15, 0.2) is 0 Å². The molecule has 0 aromatic rings. The molecule has 1 amide bonds. The average Bonchev–Trinajstić information content (AvgIpc) is 2.87. The summed E-state index contributed by atoms with van der Waals surface area (Å²) in [4.78, 5) is 11.6. The molecule has 1 aliphatic carbocycles. The molecule has 0 aromatic carbocycles. The highest BCUT2D eigenvalue weighted by Crippen LogP contribution is 2.18. The molecule has 18 heavy (non-hydrogen) atoms. The van der Waals surface area contributed by atoms with Gasteiger partial charge in [-0.1, -0.05) is 12.8 Å². The number of amides is 1. The second kappa shape index (κ2) is 7.01. The Bertz CT molecular complexity index is 268. The quantitative estimate of drug-likeness (QED) is 0.314. The smallest absolute Gasteiger partial charge is 0.251 e. The van der Waals surface area contributed by atoms with Crippen molar-refractivity contribution in [2.45, 2.75) is 56.1 Å². The highest BCUT2D eigenvalue weighted by Gasteiger charge is 2.35. The maximum Gasteiger partial charge on any atom is 0.251 e. The Labute approximate surface area is 105 Å². The van der Waals surface area contributed by atoms with Crippen molar-refractivity contribution in [3.63, 3.8) is 0 Å². The number of carbonyl (C=O) groups excluding carboxylic acids is 1. The van der Waals surface area contributed by atoms with Crippen LogP contribution in [0, 0.1) is 0 Å². The predicted molar refractivity (Wildman–Crippen MR) is 61.5 cm³/mol. The molecule has 0 unspecified atom stereocenters. The minimum Gasteiger partial charge on any atom is -0.394 e. The number of aliphatic hydroxyl groups excluding tert-OH is 5. The second-order valence-corrected chi connectivity index (χ2v) is 4.67. The maximum absolute atomic E-state index is 11.6. The van der Waals surface area contributed by atoms with Gasteiger partial charge < -0.3 is 30.8 Å². The first kappa shape index (κ1) is 15.3. The lowest BCUT2D eigenvalue weighted by Crippen LogP contribution is -2.52. The zero-order valence-electron chi connectivity index (χ0n) is 10.1. The Morgan fingerprint density at radius 3 is 2.17 bits per heavy atom. The van der Waals surface area contributed by atoms with Gasteiger partial charge in [0, 0.05) is 6.04 Å². The van der Waals surface area contributed by atoms with Gasteiger partial charge in [-0.05, 0) is 12.8 Å². The van der Waals surface area contributed by atoms with Gasteiger partial charge in [-0.2, -0.15) is 0 Å². The van der Waals surface area contributed by atoms with Crippen LogP contribution in [0.3, 0.4) is 0 Å². The van der Waals surface area contributed by atoms with E-state index in [9.17, 15) is 20.1 Å². The molecule has 7 heteroatoms. The van der Waals surface area contributed by atoms with Crippen molar-refractivity contribution >= 4 is 5.91 Å². The lowest BCUT2D eigenvalue weighted by Gasteiger charge is -2.25. The van der Waals surface area contributed by atoms with Crippen molar-refractivity contribution in [3.8, 4) is 0 Å². The van der Waals surface area contributed by atoms with E-state index in [2.05, 4.69) is 5.32 Å². The van der Waals surface area contributed by atoms with Gasteiger partial charge in [0.2, 0.25) is 0 Å². The predicted octanol–water partition coefficient (Wildman–Crippen LogP) is -2.52. The van der Waals surface area contributed by atoms with Crippen LogP contribution >= 0.6 is 0 Å². The minimum atomic E-state index is -1.84. The van der Waals surface area contributed by atoms with E-state index in [-0.39, 0.29) is 6.04 Å². The number of hydrogen-bond donors (Lipinski definition) is 6. The van der Waals surface area contributed by atoms with Crippen LogP contribution in [-0.4, -0.2) is 68.5 Å². The van der Waals surface area contributed by atoms with E-state index in [1.165, 1.54) is 0 Å². The van der Waals surface area contributed by atoms with Gasteiger partial charge in [0.1, 0.15) is 18.3 Å². The molecule has 0 spiro atoms. The fraction of sp³-hybridized carbons (Fsp3) is 0.909. The molecule has 1 rings (SSSR count). The van der Waals surface area contributed by atoms with Crippen LogP contribution in [0.25, 0.3) is 0 Å². The molecule has 0 aliphatic heterocycles. The van der Waals surface area contributed by atoms with Gasteiger partial charge in [-0.15, -0.1) is 0 Å². The van der Waals surface area contributed by atoms with Gasteiger partial charge in [-0.25, -0.2) is 0 Å². The van der Waals surface area contributed by atoms with Crippen LogP contribution in [-0.2, 0) is 4.79 Å². The van der Waals surface area contributed by atoms with Crippen LogP contribution in [0.4, 0.5) is 0 Å². The Morgan fingerprint density at radius 2 is 1.67 bits per heavy atom. The van der Waals surface area contributed by atoms with Crippen molar-refractivity contribution in [2.75, 3.05) is 6.61 Å². The topological polar surface area (TPSA) is 130 Å². The van der Waals surface area contributed by atoms with E-state index in [0.717, 1.165) is 25.7 Å². The van der Waals surface area contributed by atoms with E-state index < -0.39 is 36.9 Å². The molecule has 6 N–H and O–H groups in total. The molecule has 0 saturated heterocycles. The highest BCUT2D eigenvalue weighted by atomic mass is 16.4. The van der Waals surface area contributed by atoms with E-state index in [0.29, 0.717) is 0 Å². The van der Waals surface area contributed by atoms with Gasteiger partial charge >= 0.3 is 0 Å². The molecule has 4 atom stereocenters. The normalized spacial score (nSPS) is 23.4. The second-order valence-electron chi connectivity index (χ2n) is 4.67. The first-order chi connectivity index (χ1) is 8.47. The fourth-order valence-corrected chi connectivity index (χ4v) is 2.03. The summed E-state index contributed by atoms with van der Waals surface area (Å²) in [7, 11) is 0. The monoisotopic (exact) mass is 263 g/mol. The summed E-state index contributed by atoms with van der Waals surface area (Å²) in [5.74, 6) is -0.779.